The van der Waals surface area contributed by atoms with Crippen molar-refractivity contribution < 1.29 is 18.8 Å². The zero-order valence-electron chi connectivity index (χ0n) is 14.4. The van der Waals surface area contributed by atoms with Crippen LogP contribution in [0.5, 0.6) is 0 Å². The number of nitrogens with zero attached hydrogens (tertiary/aromatic N) is 1. The van der Waals surface area contributed by atoms with E-state index in [0.717, 1.165) is 11.1 Å². The number of nitrogens with one attached hydrogen (secondary N) is 1. The molecule has 0 saturated heterocycles. The highest BCUT2D eigenvalue weighted by Crippen LogP contribution is 2.22. The lowest BCUT2D eigenvalue weighted by Crippen LogP contribution is -2.21. The Morgan fingerprint density at radius 2 is 1.93 bits per heavy atom. The number of esters is 1. The lowest BCUT2D eigenvalue weighted by atomic mass is 10.1. The van der Waals surface area contributed by atoms with Crippen LogP contribution in [0.4, 0.5) is 11.6 Å². The van der Waals surface area contributed by atoms with Crippen LogP contribution in [0.2, 0.25) is 5.02 Å². The number of amides is 1. The molecule has 1 heterocycles. The van der Waals surface area contributed by atoms with Gasteiger partial charge >= 0.3 is 5.97 Å². The molecule has 2 aromatic carbocycles. The number of aromatic nitrogens is 1. The summed E-state index contributed by atoms with van der Waals surface area (Å²) in [7, 11) is 0. The van der Waals surface area contributed by atoms with E-state index in [1.807, 2.05) is 31.2 Å². The van der Waals surface area contributed by atoms with Gasteiger partial charge < -0.3 is 15.0 Å². The number of halogens is 1. The third-order valence-electron chi connectivity index (χ3n) is 3.69. The highest BCUT2D eigenvalue weighted by molar-refractivity contribution is 6.31. The maximum Gasteiger partial charge on any atom is 0.340 e. The number of rotatable bonds is 5. The van der Waals surface area contributed by atoms with Crippen molar-refractivity contribution in [3.05, 3.63) is 64.7 Å². The fraction of sp³-hybridized carbons (Fsp3) is 0.105. The van der Waals surface area contributed by atoms with E-state index in [9.17, 15) is 9.59 Å². The van der Waals surface area contributed by atoms with Gasteiger partial charge in [-0.3, -0.25) is 10.1 Å². The van der Waals surface area contributed by atoms with Crippen LogP contribution in [0.15, 0.2) is 53.1 Å². The molecule has 1 amide bonds. The van der Waals surface area contributed by atoms with E-state index >= 15 is 0 Å². The largest absolute Gasteiger partial charge is 0.452 e. The monoisotopic (exact) mass is 385 g/mol. The van der Waals surface area contributed by atoms with Gasteiger partial charge in [0.05, 0.1) is 5.56 Å². The summed E-state index contributed by atoms with van der Waals surface area (Å²) in [6.45, 7) is 1.48. The third-order valence-corrected chi connectivity index (χ3v) is 3.92. The number of nitrogens with two attached hydrogens (primary N) is 1. The lowest BCUT2D eigenvalue weighted by molar-refractivity contribution is -0.119. The number of hydrogen-bond acceptors (Lipinski definition) is 6. The molecule has 3 aromatic rings. The van der Waals surface area contributed by atoms with E-state index < -0.39 is 18.5 Å². The first-order chi connectivity index (χ1) is 12.9. The summed E-state index contributed by atoms with van der Waals surface area (Å²) < 4.78 is 10.0. The third kappa shape index (κ3) is 4.65. The maximum absolute atomic E-state index is 12.0. The van der Waals surface area contributed by atoms with E-state index in [-0.39, 0.29) is 17.1 Å². The van der Waals surface area contributed by atoms with Gasteiger partial charge in [0, 0.05) is 22.3 Å². The van der Waals surface area contributed by atoms with Crippen LogP contribution in [-0.4, -0.2) is 23.6 Å². The van der Waals surface area contributed by atoms with Crippen molar-refractivity contribution in [2.45, 2.75) is 6.92 Å². The minimum Gasteiger partial charge on any atom is -0.452 e. The molecule has 0 aliphatic rings. The van der Waals surface area contributed by atoms with Crippen LogP contribution in [0.1, 0.15) is 15.9 Å². The Labute approximate surface area is 160 Å². The molecule has 1 aromatic heterocycles. The van der Waals surface area contributed by atoms with E-state index in [1.165, 1.54) is 18.2 Å². The topological polar surface area (TPSA) is 107 Å². The molecule has 0 fully saturated rings. The second-order valence-electron chi connectivity index (χ2n) is 5.80. The van der Waals surface area contributed by atoms with Crippen LogP contribution in [0.3, 0.4) is 0 Å². The van der Waals surface area contributed by atoms with Gasteiger partial charge in [-0.15, -0.1) is 0 Å². The molecular formula is C19H16ClN3O4. The van der Waals surface area contributed by atoms with Gasteiger partial charge in [-0.25, -0.2) is 4.79 Å². The predicted octanol–water partition coefficient (Wildman–Crippen LogP) is 3.68. The molecule has 0 bridgehead atoms. The molecule has 7 nitrogen and oxygen atoms in total. The molecule has 3 N–H and O–H groups in total. The first kappa shape index (κ1) is 18.5. The van der Waals surface area contributed by atoms with Gasteiger partial charge in [0.1, 0.15) is 5.69 Å². The summed E-state index contributed by atoms with van der Waals surface area (Å²) >= 11 is 5.78. The van der Waals surface area contributed by atoms with Gasteiger partial charge in [-0.1, -0.05) is 46.6 Å². The number of ether oxygens (including phenoxy) is 1. The van der Waals surface area contributed by atoms with Gasteiger partial charge in [-0.05, 0) is 25.1 Å². The smallest absolute Gasteiger partial charge is 0.340 e. The minimum atomic E-state index is -0.725. The molecule has 8 heteroatoms. The maximum atomic E-state index is 12.0. The molecule has 0 aliphatic heterocycles. The SMILES string of the molecule is Cc1ccc(-c2cc(NC(=O)COC(=O)c3ccc(Cl)cc3N)on2)cc1. The summed E-state index contributed by atoms with van der Waals surface area (Å²) in [5.74, 6) is -1.14. The van der Waals surface area contributed by atoms with E-state index in [1.54, 1.807) is 6.07 Å². The summed E-state index contributed by atoms with van der Waals surface area (Å²) in [4.78, 5) is 23.9. The Balaban J connectivity index is 1.56. The zero-order chi connectivity index (χ0) is 19.4. The number of carbonyl (C=O) groups is 2. The number of nitrogen functional groups attached to an aromatic ring is 1. The first-order valence-electron chi connectivity index (χ1n) is 7.98. The quantitative estimate of drug-likeness (QED) is 0.512. The fourth-order valence-electron chi connectivity index (χ4n) is 2.30. The normalized spacial score (nSPS) is 10.4. The van der Waals surface area contributed by atoms with Crippen molar-refractivity contribution >= 4 is 35.0 Å². The van der Waals surface area contributed by atoms with Crippen molar-refractivity contribution in [2.75, 3.05) is 17.7 Å². The molecule has 138 valence electrons. The molecule has 27 heavy (non-hydrogen) atoms. The van der Waals surface area contributed by atoms with Gasteiger partial charge in [0.2, 0.25) is 5.88 Å². The Kier molecular flexibility index (Phi) is 5.42. The molecule has 0 radical (unpaired) electrons. The summed E-state index contributed by atoms with van der Waals surface area (Å²) in [6.07, 6.45) is 0. The standard InChI is InChI=1S/C19H16ClN3O4/c1-11-2-4-12(5-3-11)16-9-18(27-23-16)22-17(24)10-26-19(25)14-7-6-13(20)8-15(14)21/h2-9H,10,21H2,1H3,(H,22,24). The van der Waals surface area contributed by atoms with E-state index in [2.05, 4.69) is 10.5 Å². The van der Waals surface area contributed by atoms with Crippen LogP contribution >= 0.6 is 11.6 Å². The summed E-state index contributed by atoms with van der Waals surface area (Å²) in [5.41, 5.74) is 8.58. The molecule has 0 saturated carbocycles. The number of hydrogen-bond donors (Lipinski definition) is 2. The molecule has 3 rings (SSSR count). The highest BCUT2D eigenvalue weighted by Gasteiger charge is 2.15. The zero-order valence-corrected chi connectivity index (χ0v) is 15.1. The van der Waals surface area contributed by atoms with Gasteiger partial charge in [0.15, 0.2) is 6.61 Å². The summed E-state index contributed by atoms with van der Waals surface area (Å²) in [6, 6.07) is 13.7. The number of carbonyl (C=O) groups excluding carboxylic acids is 2. The molecular weight excluding hydrogens is 370 g/mol. The van der Waals surface area contributed by atoms with Crippen molar-refractivity contribution in [2.24, 2.45) is 0 Å². The Morgan fingerprint density at radius 3 is 2.63 bits per heavy atom. The van der Waals surface area contributed by atoms with E-state index in [4.69, 9.17) is 26.6 Å². The molecule has 0 spiro atoms. The van der Waals surface area contributed by atoms with Crippen molar-refractivity contribution in [3.63, 3.8) is 0 Å². The fourth-order valence-corrected chi connectivity index (χ4v) is 2.48. The molecule has 0 atom stereocenters. The predicted molar refractivity (Wildman–Crippen MR) is 101 cm³/mol. The second kappa shape index (κ2) is 7.92. The van der Waals surface area contributed by atoms with Crippen molar-refractivity contribution in [3.8, 4) is 11.3 Å². The molecule has 0 unspecified atom stereocenters. The van der Waals surface area contributed by atoms with Gasteiger partial charge in [0.25, 0.3) is 5.91 Å². The lowest BCUT2D eigenvalue weighted by Gasteiger charge is -2.06. The molecule has 0 aliphatic carbocycles. The Bertz CT molecular complexity index is 983. The van der Waals surface area contributed by atoms with Crippen LogP contribution in [0, 0.1) is 6.92 Å². The first-order valence-corrected chi connectivity index (χ1v) is 8.36. The number of anilines is 2. The van der Waals surface area contributed by atoms with Crippen LogP contribution < -0.4 is 11.1 Å². The van der Waals surface area contributed by atoms with Gasteiger partial charge in [-0.2, -0.15) is 0 Å². The minimum absolute atomic E-state index is 0.133. The average Bonchev–Trinajstić information content (AvgIpc) is 3.08. The highest BCUT2D eigenvalue weighted by atomic mass is 35.5. The van der Waals surface area contributed by atoms with Crippen molar-refractivity contribution in [1.29, 1.82) is 0 Å². The number of benzene rings is 2. The Hall–Kier alpha value is -3.32. The van der Waals surface area contributed by atoms with E-state index in [0.29, 0.717) is 10.7 Å². The summed E-state index contributed by atoms with van der Waals surface area (Å²) in [5, 5.41) is 6.78. The Morgan fingerprint density at radius 1 is 1.19 bits per heavy atom. The van der Waals surface area contributed by atoms with Crippen LogP contribution in [0.25, 0.3) is 11.3 Å². The van der Waals surface area contributed by atoms with Crippen molar-refractivity contribution in [1.82, 2.24) is 5.16 Å². The number of aryl methyl sites for hydroxylation is 1. The van der Waals surface area contributed by atoms with Crippen LogP contribution in [-0.2, 0) is 9.53 Å². The second-order valence-corrected chi connectivity index (χ2v) is 6.23. The average molecular weight is 386 g/mol.